The molecule has 1 atom stereocenters. The van der Waals surface area contributed by atoms with Crippen LogP contribution >= 0.6 is 31.9 Å². The summed E-state index contributed by atoms with van der Waals surface area (Å²) in [6.07, 6.45) is 0. The van der Waals surface area contributed by atoms with Crippen molar-refractivity contribution in [3.63, 3.8) is 0 Å². The molecule has 2 aliphatic carbocycles. The average molecular weight is 1320 g/mol. The summed E-state index contributed by atoms with van der Waals surface area (Å²) in [6.45, 7) is 7.46. The van der Waals surface area contributed by atoms with Crippen molar-refractivity contribution in [2.75, 3.05) is 0 Å². The third kappa shape index (κ3) is 8.12. The van der Waals surface area contributed by atoms with Gasteiger partial charge in [-0.05, 0) is 179 Å². The topological polar surface area (TPSA) is 102 Å². The number of benzene rings is 13. The van der Waals surface area contributed by atoms with Gasteiger partial charge in [-0.15, -0.1) is 0 Å². The molecule has 2 N–H and O–H groups in total. The van der Waals surface area contributed by atoms with Crippen LogP contribution in [0.15, 0.2) is 288 Å². The van der Waals surface area contributed by atoms with Crippen LogP contribution < -0.4 is 5.46 Å². The summed E-state index contributed by atoms with van der Waals surface area (Å²) in [7, 11) is -1.46. The smallest absolute Gasteiger partial charge is 0.423 e. The number of aromatic nitrogens is 2. The maximum Gasteiger partial charge on any atom is 0.488 e. The summed E-state index contributed by atoms with van der Waals surface area (Å²) >= 11 is 7.59. The molecule has 2 aromatic heterocycles. The standard InChI is InChI=1S/C45H25N3.C31H17Br2N.C7H6BNO2/c1-47-33-21-17-30(18-22-33)32-20-24-35-34-23-19-31(29-15-13-28(27-46)14-16-29)25-40(34)45(41(35)26-32)38-9-3-5-12-43(38)48-42-11-4-2-7-36(42)37-8-6-10-39(45)44(37)48;32-18-12-14-20-21-15-13-19(33)17-27(21)31(26(20)16-18)24-8-2-4-11-29(24)34-28-10-3-1-6-22(28)23-7-5-9-25(31)30(23)34;9-5-6-1-3-7(4-2-6)8(10)11/h2-26H;1-17H;1-4,10-11H. The summed E-state index contributed by atoms with van der Waals surface area (Å²) in [5.41, 5.74) is 28.6. The summed E-state index contributed by atoms with van der Waals surface area (Å²) in [5, 5.41) is 40.3. The second-order valence-corrected chi connectivity index (χ2v) is 25.8. The van der Waals surface area contributed by atoms with Gasteiger partial charge in [-0.2, -0.15) is 10.5 Å². The Morgan fingerprint density at radius 2 is 0.731 bits per heavy atom. The Bertz CT molecular complexity index is 5650. The molecule has 0 amide bonds. The Morgan fingerprint density at radius 1 is 0.366 bits per heavy atom. The van der Waals surface area contributed by atoms with E-state index in [4.69, 9.17) is 21.9 Å². The van der Waals surface area contributed by atoms with Crippen LogP contribution in [-0.4, -0.2) is 26.3 Å². The highest BCUT2D eigenvalue weighted by Crippen LogP contribution is 2.64. The van der Waals surface area contributed by atoms with Gasteiger partial charge in [0.15, 0.2) is 5.69 Å². The number of nitrogens with zero attached hydrogens (tertiary/aromatic N) is 5. The van der Waals surface area contributed by atoms with Gasteiger partial charge in [0, 0.05) is 30.5 Å². The van der Waals surface area contributed by atoms with E-state index in [1.54, 1.807) is 0 Å². The zero-order valence-corrected chi connectivity index (χ0v) is 52.7. The molecule has 4 aliphatic rings. The molecule has 0 saturated carbocycles. The molecule has 13 aromatic carbocycles. The summed E-state index contributed by atoms with van der Waals surface area (Å²) in [5.74, 6) is 0. The fraction of sp³-hybridized carbons (Fsp3) is 0.0241. The Hall–Kier alpha value is -11.1. The molecule has 0 bridgehead atoms. The van der Waals surface area contributed by atoms with Crippen molar-refractivity contribution in [1.29, 1.82) is 10.5 Å². The first-order valence-electron chi connectivity index (χ1n) is 30.6. The minimum Gasteiger partial charge on any atom is -0.423 e. The van der Waals surface area contributed by atoms with Gasteiger partial charge in [-0.25, -0.2) is 4.85 Å². The van der Waals surface area contributed by atoms with E-state index in [1.165, 1.54) is 146 Å². The van der Waals surface area contributed by atoms with Crippen molar-refractivity contribution < 1.29 is 10.0 Å². The van der Waals surface area contributed by atoms with E-state index in [-0.39, 0.29) is 0 Å². The molecular formula is C83H48BBr2N5O2. The lowest BCUT2D eigenvalue weighted by atomic mass is 9.65. The third-order valence-corrected chi connectivity index (χ3v) is 20.5. The Morgan fingerprint density at radius 3 is 1.17 bits per heavy atom. The predicted octanol–water partition coefficient (Wildman–Crippen LogP) is 19.4. The Kier molecular flexibility index (Phi) is 12.9. The van der Waals surface area contributed by atoms with Crippen molar-refractivity contribution in [3.05, 3.63) is 355 Å². The second kappa shape index (κ2) is 21.5. The molecule has 0 saturated heterocycles. The fourth-order valence-electron chi connectivity index (χ4n) is 15.7. The minimum atomic E-state index is -1.46. The first-order valence-corrected chi connectivity index (χ1v) is 32.2. The second-order valence-electron chi connectivity index (χ2n) is 24.0. The van der Waals surface area contributed by atoms with E-state index in [0.717, 1.165) is 31.2 Å². The largest absolute Gasteiger partial charge is 0.488 e. The number of fused-ring (bicyclic) bond motifs is 24. The first-order chi connectivity index (χ1) is 45.6. The van der Waals surface area contributed by atoms with Crippen LogP contribution in [-0.2, 0) is 10.8 Å². The SMILES string of the molecule is Brc1ccc2c(c1)C1(c3cc(Br)ccc3-2)c2ccccc2-n2c3ccccc3c3cccc1c32.N#Cc1ccc(B(O)O)cc1.[C-]#[N+]c1ccc(-c2ccc3c(c2)C2(c4cc(-c5ccc(C#N)cc5)ccc4-3)c3ccccc3-n3c4ccccc4c4cccc2c43)cc1. The predicted molar refractivity (Wildman–Crippen MR) is 382 cm³/mol. The fourth-order valence-corrected chi connectivity index (χ4v) is 16.4. The minimum absolute atomic E-state index is 0.390. The maximum absolute atomic E-state index is 9.46. The molecule has 4 heterocycles. The van der Waals surface area contributed by atoms with Gasteiger partial charge < -0.3 is 19.2 Å². The number of halogens is 2. The number of rotatable bonds is 3. The average Bonchev–Trinajstić information content (AvgIpc) is 1.54. The summed E-state index contributed by atoms with van der Waals surface area (Å²) in [6, 6.07) is 102. The van der Waals surface area contributed by atoms with Crippen molar-refractivity contribution in [2.24, 2.45) is 0 Å². The van der Waals surface area contributed by atoms with Crippen molar-refractivity contribution in [1.82, 2.24) is 9.13 Å². The molecule has 1 unspecified atom stereocenters. The molecule has 7 nitrogen and oxygen atoms in total. The lowest BCUT2D eigenvalue weighted by Gasteiger charge is -2.40. The molecule has 0 fully saturated rings. The zero-order valence-electron chi connectivity index (χ0n) is 49.5. The van der Waals surface area contributed by atoms with E-state index in [9.17, 15) is 5.26 Å². The van der Waals surface area contributed by atoms with Gasteiger partial charge in [0.1, 0.15) is 0 Å². The molecule has 10 heteroatoms. The molecule has 434 valence electrons. The maximum atomic E-state index is 9.46. The highest BCUT2D eigenvalue weighted by atomic mass is 79.9. The van der Waals surface area contributed by atoms with Gasteiger partial charge in [-0.3, -0.25) is 0 Å². The molecule has 93 heavy (non-hydrogen) atoms. The molecular weight excluding hydrogens is 1270 g/mol. The highest BCUT2D eigenvalue weighted by molar-refractivity contribution is 9.10. The lowest BCUT2D eigenvalue weighted by molar-refractivity contribution is 0.426. The quantitative estimate of drug-likeness (QED) is 0.136. The van der Waals surface area contributed by atoms with E-state index in [1.807, 2.05) is 42.5 Å². The van der Waals surface area contributed by atoms with E-state index < -0.39 is 17.9 Å². The van der Waals surface area contributed by atoms with Gasteiger partial charge in [0.05, 0.1) is 74.1 Å². The van der Waals surface area contributed by atoms with Crippen LogP contribution in [0.5, 0.6) is 0 Å². The molecule has 0 radical (unpaired) electrons. The van der Waals surface area contributed by atoms with E-state index in [2.05, 4.69) is 270 Å². The van der Waals surface area contributed by atoms with Crippen LogP contribution in [0, 0.1) is 29.2 Å². The number of para-hydroxylation sites is 6. The zero-order chi connectivity index (χ0) is 62.9. The monoisotopic (exact) mass is 1320 g/mol. The van der Waals surface area contributed by atoms with Gasteiger partial charge in [0.25, 0.3) is 0 Å². The molecule has 2 spiro atoms. The van der Waals surface area contributed by atoms with Crippen molar-refractivity contribution in [3.8, 4) is 68.0 Å². The third-order valence-electron chi connectivity index (χ3n) is 19.5. The van der Waals surface area contributed by atoms with Crippen LogP contribution in [0.3, 0.4) is 0 Å². The Balaban J connectivity index is 0.000000127. The summed E-state index contributed by atoms with van der Waals surface area (Å²) < 4.78 is 7.16. The number of hydrogen-bond acceptors (Lipinski definition) is 4. The van der Waals surface area contributed by atoms with Crippen LogP contribution in [0.4, 0.5) is 5.69 Å². The molecule has 19 rings (SSSR count). The van der Waals surface area contributed by atoms with Crippen molar-refractivity contribution >= 4 is 93.7 Å². The van der Waals surface area contributed by atoms with E-state index >= 15 is 0 Å². The Labute approximate surface area is 553 Å². The summed E-state index contributed by atoms with van der Waals surface area (Å²) in [4.78, 5) is 3.62. The van der Waals surface area contributed by atoms with Crippen LogP contribution in [0.1, 0.15) is 55.6 Å². The first kappa shape index (κ1) is 55.9. The number of nitriles is 2. The van der Waals surface area contributed by atoms with Crippen LogP contribution in [0.2, 0.25) is 0 Å². The van der Waals surface area contributed by atoms with E-state index in [0.29, 0.717) is 22.3 Å². The lowest BCUT2D eigenvalue weighted by Crippen LogP contribution is -2.33. The highest BCUT2D eigenvalue weighted by Gasteiger charge is 2.53. The number of hydrogen-bond donors (Lipinski definition) is 2. The van der Waals surface area contributed by atoms with Gasteiger partial charge in [-0.1, -0.05) is 226 Å². The van der Waals surface area contributed by atoms with Crippen LogP contribution in [0.25, 0.3) is 104 Å². The normalized spacial score (nSPS) is 14.1. The van der Waals surface area contributed by atoms with Gasteiger partial charge in [0.2, 0.25) is 0 Å². The molecule has 15 aromatic rings. The van der Waals surface area contributed by atoms with Crippen molar-refractivity contribution in [2.45, 2.75) is 10.8 Å². The molecule has 2 aliphatic heterocycles. The van der Waals surface area contributed by atoms with Gasteiger partial charge >= 0.3 is 7.12 Å².